The molecule has 21 heavy (non-hydrogen) atoms. The SMILES string of the molecule is NCC#Cc1cc(F)ccc1NC(=O)c1ccccc1O. The van der Waals surface area contributed by atoms with Crippen LogP contribution in [-0.2, 0) is 0 Å². The molecule has 0 spiro atoms. The van der Waals surface area contributed by atoms with E-state index in [9.17, 15) is 14.3 Å². The van der Waals surface area contributed by atoms with Gasteiger partial charge in [0.05, 0.1) is 23.4 Å². The highest BCUT2D eigenvalue weighted by Crippen LogP contribution is 2.20. The van der Waals surface area contributed by atoms with Crippen LogP contribution in [0, 0.1) is 17.7 Å². The average Bonchev–Trinajstić information content (AvgIpc) is 2.47. The fourth-order valence-electron chi connectivity index (χ4n) is 1.73. The molecule has 0 aliphatic heterocycles. The quantitative estimate of drug-likeness (QED) is 0.739. The van der Waals surface area contributed by atoms with Crippen LogP contribution in [-0.4, -0.2) is 17.6 Å². The summed E-state index contributed by atoms with van der Waals surface area (Å²) in [5.41, 5.74) is 6.09. The largest absolute Gasteiger partial charge is 0.507 e. The number of phenolic OH excluding ortho intramolecular Hbond substituents is 1. The molecule has 0 bridgehead atoms. The summed E-state index contributed by atoms with van der Waals surface area (Å²) >= 11 is 0. The summed E-state index contributed by atoms with van der Waals surface area (Å²) in [7, 11) is 0. The fourth-order valence-corrected chi connectivity index (χ4v) is 1.73. The molecule has 0 fully saturated rings. The number of nitrogens with one attached hydrogen (secondary N) is 1. The van der Waals surface area contributed by atoms with Crippen molar-refractivity contribution in [3.8, 4) is 17.6 Å². The van der Waals surface area contributed by atoms with E-state index >= 15 is 0 Å². The molecule has 0 saturated carbocycles. The summed E-state index contributed by atoms with van der Waals surface area (Å²) in [6.07, 6.45) is 0. The molecule has 4 nitrogen and oxygen atoms in total. The first-order chi connectivity index (χ1) is 10.1. The lowest BCUT2D eigenvalue weighted by atomic mass is 10.1. The minimum atomic E-state index is -0.504. The maximum absolute atomic E-state index is 13.2. The van der Waals surface area contributed by atoms with E-state index in [1.54, 1.807) is 12.1 Å². The van der Waals surface area contributed by atoms with Gasteiger partial charge in [0.1, 0.15) is 11.6 Å². The Morgan fingerprint density at radius 1 is 1.29 bits per heavy atom. The summed E-state index contributed by atoms with van der Waals surface area (Å²) in [5, 5.41) is 12.2. The van der Waals surface area contributed by atoms with Crippen molar-refractivity contribution in [3.05, 3.63) is 59.4 Å². The minimum absolute atomic E-state index is 0.125. The van der Waals surface area contributed by atoms with Gasteiger partial charge in [-0.1, -0.05) is 24.0 Å². The van der Waals surface area contributed by atoms with Gasteiger partial charge < -0.3 is 16.2 Å². The molecule has 4 N–H and O–H groups in total. The molecular weight excluding hydrogens is 271 g/mol. The van der Waals surface area contributed by atoms with Gasteiger partial charge in [-0.25, -0.2) is 4.39 Å². The highest BCUT2D eigenvalue weighted by Gasteiger charge is 2.12. The molecule has 0 radical (unpaired) electrons. The maximum atomic E-state index is 13.2. The summed E-state index contributed by atoms with van der Waals surface area (Å²) in [6.45, 7) is 0.128. The minimum Gasteiger partial charge on any atom is -0.507 e. The molecule has 2 aromatic carbocycles. The van der Waals surface area contributed by atoms with Crippen molar-refractivity contribution in [2.24, 2.45) is 5.73 Å². The molecule has 0 aliphatic rings. The number of amides is 1. The number of rotatable bonds is 2. The first-order valence-electron chi connectivity index (χ1n) is 6.19. The van der Waals surface area contributed by atoms with Crippen molar-refractivity contribution >= 4 is 11.6 Å². The number of nitrogens with two attached hydrogens (primary N) is 1. The molecule has 2 aromatic rings. The Morgan fingerprint density at radius 3 is 2.76 bits per heavy atom. The molecule has 0 aliphatic carbocycles. The van der Waals surface area contributed by atoms with Gasteiger partial charge in [-0.15, -0.1) is 0 Å². The third-order valence-electron chi connectivity index (χ3n) is 2.70. The van der Waals surface area contributed by atoms with Crippen LogP contribution in [0.4, 0.5) is 10.1 Å². The Kier molecular flexibility index (Phi) is 4.54. The van der Waals surface area contributed by atoms with Crippen LogP contribution < -0.4 is 11.1 Å². The van der Waals surface area contributed by atoms with E-state index in [2.05, 4.69) is 17.2 Å². The molecule has 0 aromatic heterocycles. The zero-order chi connectivity index (χ0) is 15.2. The topological polar surface area (TPSA) is 75.3 Å². The molecule has 0 heterocycles. The Morgan fingerprint density at radius 2 is 2.05 bits per heavy atom. The monoisotopic (exact) mass is 284 g/mol. The summed E-state index contributed by atoms with van der Waals surface area (Å²) in [6, 6.07) is 9.98. The summed E-state index contributed by atoms with van der Waals surface area (Å²) in [4.78, 5) is 12.1. The number of hydrogen-bond donors (Lipinski definition) is 3. The molecule has 5 heteroatoms. The van der Waals surface area contributed by atoms with Crippen LogP contribution in [0.25, 0.3) is 0 Å². The second-order valence-electron chi connectivity index (χ2n) is 4.17. The third kappa shape index (κ3) is 3.59. The van der Waals surface area contributed by atoms with Crippen LogP contribution in [0.1, 0.15) is 15.9 Å². The summed E-state index contributed by atoms with van der Waals surface area (Å²) in [5.74, 6) is 4.20. The first kappa shape index (κ1) is 14.6. The first-order valence-corrected chi connectivity index (χ1v) is 6.19. The number of para-hydroxylation sites is 1. The Hall–Kier alpha value is -2.84. The van der Waals surface area contributed by atoms with Gasteiger partial charge in [-0.05, 0) is 30.3 Å². The van der Waals surface area contributed by atoms with Crippen molar-refractivity contribution in [2.75, 3.05) is 11.9 Å². The Bertz CT molecular complexity index is 733. The number of phenols is 1. The van der Waals surface area contributed by atoms with E-state index in [0.29, 0.717) is 11.3 Å². The number of carbonyl (C=O) groups excluding carboxylic acids is 1. The van der Waals surface area contributed by atoms with Crippen molar-refractivity contribution in [3.63, 3.8) is 0 Å². The van der Waals surface area contributed by atoms with E-state index in [1.807, 2.05) is 0 Å². The van der Waals surface area contributed by atoms with Crippen LogP contribution in [0.2, 0.25) is 0 Å². The summed E-state index contributed by atoms with van der Waals surface area (Å²) < 4.78 is 13.2. The number of aromatic hydroxyl groups is 1. The molecule has 2 rings (SSSR count). The van der Waals surface area contributed by atoms with E-state index in [4.69, 9.17) is 5.73 Å². The molecule has 0 saturated heterocycles. The predicted octanol–water partition coefficient (Wildman–Crippen LogP) is 2.09. The number of carbonyl (C=O) groups is 1. The van der Waals surface area contributed by atoms with Crippen LogP contribution in [0.3, 0.4) is 0 Å². The fraction of sp³-hybridized carbons (Fsp3) is 0.0625. The maximum Gasteiger partial charge on any atom is 0.259 e. The van der Waals surface area contributed by atoms with E-state index < -0.39 is 11.7 Å². The van der Waals surface area contributed by atoms with Crippen LogP contribution >= 0.6 is 0 Å². The highest BCUT2D eigenvalue weighted by atomic mass is 19.1. The van der Waals surface area contributed by atoms with Crippen LogP contribution in [0.5, 0.6) is 5.75 Å². The van der Waals surface area contributed by atoms with E-state index in [-0.39, 0.29) is 17.9 Å². The van der Waals surface area contributed by atoms with E-state index in [0.717, 1.165) is 0 Å². The number of hydrogen-bond acceptors (Lipinski definition) is 3. The zero-order valence-electron chi connectivity index (χ0n) is 11.1. The zero-order valence-corrected chi connectivity index (χ0v) is 11.1. The van der Waals surface area contributed by atoms with Gasteiger partial charge in [0.15, 0.2) is 0 Å². The Labute approximate surface area is 121 Å². The normalized spacial score (nSPS) is 9.62. The number of halogens is 1. The van der Waals surface area contributed by atoms with Gasteiger partial charge in [-0.2, -0.15) is 0 Å². The lowest BCUT2D eigenvalue weighted by Gasteiger charge is -2.08. The standard InChI is InChI=1S/C16H13FN2O2/c17-12-7-8-14(11(10-12)4-3-9-18)19-16(21)13-5-1-2-6-15(13)20/h1-2,5-8,10,20H,9,18H2,(H,19,21). The molecule has 0 unspecified atom stereocenters. The van der Waals surface area contributed by atoms with E-state index in [1.165, 1.54) is 30.3 Å². The molecular formula is C16H13FN2O2. The average molecular weight is 284 g/mol. The van der Waals surface area contributed by atoms with Gasteiger partial charge in [0, 0.05) is 0 Å². The van der Waals surface area contributed by atoms with Crippen molar-refractivity contribution < 1.29 is 14.3 Å². The predicted molar refractivity (Wildman–Crippen MR) is 78.4 cm³/mol. The number of anilines is 1. The lowest BCUT2D eigenvalue weighted by molar-refractivity contribution is 0.102. The second kappa shape index (κ2) is 6.55. The van der Waals surface area contributed by atoms with Crippen LogP contribution in [0.15, 0.2) is 42.5 Å². The Balaban J connectivity index is 2.31. The lowest BCUT2D eigenvalue weighted by Crippen LogP contribution is -2.13. The van der Waals surface area contributed by atoms with Crippen molar-refractivity contribution in [2.45, 2.75) is 0 Å². The van der Waals surface area contributed by atoms with Crippen molar-refractivity contribution in [1.82, 2.24) is 0 Å². The van der Waals surface area contributed by atoms with Gasteiger partial charge in [0.25, 0.3) is 5.91 Å². The molecule has 106 valence electrons. The molecule has 0 atom stereocenters. The smallest absolute Gasteiger partial charge is 0.259 e. The van der Waals surface area contributed by atoms with Gasteiger partial charge in [-0.3, -0.25) is 4.79 Å². The van der Waals surface area contributed by atoms with Gasteiger partial charge >= 0.3 is 0 Å². The van der Waals surface area contributed by atoms with Gasteiger partial charge in [0.2, 0.25) is 0 Å². The third-order valence-corrected chi connectivity index (χ3v) is 2.70. The molecule has 1 amide bonds. The van der Waals surface area contributed by atoms with Crippen molar-refractivity contribution in [1.29, 1.82) is 0 Å². The second-order valence-corrected chi connectivity index (χ2v) is 4.17. The number of benzene rings is 2. The highest BCUT2D eigenvalue weighted by molar-refractivity contribution is 6.06.